The van der Waals surface area contributed by atoms with E-state index in [0.29, 0.717) is 0 Å². The molecule has 2 aromatic rings. The molecule has 9 heteroatoms. The van der Waals surface area contributed by atoms with E-state index in [0.717, 1.165) is 11.1 Å². The van der Waals surface area contributed by atoms with Gasteiger partial charge >= 0.3 is 0 Å². The molecule has 178 valence electrons. The zero-order chi connectivity index (χ0) is 23.8. The Kier molecular flexibility index (Phi) is 9.64. The molecule has 0 spiro atoms. The minimum Gasteiger partial charge on any atom is -0.342 e. The van der Waals surface area contributed by atoms with Gasteiger partial charge in [0.2, 0.25) is 15.6 Å². The molecule has 0 heterocycles. The summed E-state index contributed by atoms with van der Waals surface area (Å²) in [7, 11) is -7.91. The molecule has 0 amide bonds. The van der Waals surface area contributed by atoms with E-state index < -0.39 is 28.7 Å². The lowest BCUT2D eigenvalue weighted by atomic mass is 10.1. The molecule has 2 atom stereocenters. The van der Waals surface area contributed by atoms with Gasteiger partial charge in [-0.3, -0.25) is 4.57 Å². The summed E-state index contributed by atoms with van der Waals surface area (Å²) in [5.74, 6) is -1.11. The number of sulfonamides is 1. The second kappa shape index (κ2) is 11.5. The molecule has 7 nitrogen and oxygen atoms in total. The molecule has 2 rings (SSSR count). The molecule has 0 saturated carbocycles. The maximum Gasteiger partial charge on any atom is 0.278 e. The van der Waals surface area contributed by atoms with Crippen molar-refractivity contribution < 1.29 is 27.0 Å². The Balaban J connectivity index is 2.58. The number of hydrogen-bond donors (Lipinski definition) is 1. The van der Waals surface area contributed by atoms with E-state index in [9.17, 15) is 13.0 Å². The van der Waals surface area contributed by atoms with Crippen LogP contribution in [0.2, 0.25) is 0 Å². The van der Waals surface area contributed by atoms with Crippen molar-refractivity contribution >= 4 is 17.4 Å². The second-order valence-corrected chi connectivity index (χ2v) is 12.0. The van der Waals surface area contributed by atoms with Crippen molar-refractivity contribution in [2.45, 2.75) is 57.2 Å². The van der Waals surface area contributed by atoms with E-state index >= 15 is 0 Å². The third-order valence-corrected chi connectivity index (χ3v) is 9.84. The Morgan fingerprint density at radius 2 is 1.50 bits per heavy atom. The van der Waals surface area contributed by atoms with E-state index in [-0.39, 0.29) is 31.1 Å². The zero-order valence-corrected chi connectivity index (χ0v) is 21.1. The topological polar surface area (TPSA) is 90.9 Å². The summed E-state index contributed by atoms with van der Waals surface area (Å²) in [5, 5.41) is 0. The molecule has 0 saturated heterocycles. The molecule has 0 aromatic heterocycles. The van der Waals surface area contributed by atoms with Crippen molar-refractivity contribution in [2.24, 2.45) is 0 Å². The van der Waals surface area contributed by atoms with Gasteiger partial charge in [-0.25, -0.2) is 8.42 Å². The van der Waals surface area contributed by atoms with Crippen LogP contribution in [0.25, 0.3) is 0 Å². The minimum atomic E-state index is -4.00. The number of ether oxygens (including phenoxy) is 2. The number of hydrogen-bond acceptors (Lipinski definition) is 6. The van der Waals surface area contributed by atoms with E-state index in [1.165, 1.54) is 12.1 Å². The zero-order valence-electron chi connectivity index (χ0n) is 19.4. The SMILES string of the molecule is CCOC(C)(OCC)P(=O)(OCC)[C@H](Cc1ccccc1)NS(=O)(=O)c1ccc(C)cc1. The lowest BCUT2D eigenvalue weighted by Gasteiger charge is -2.40. The van der Waals surface area contributed by atoms with Crippen LogP contribution in [-0.4, -0.2) is 39.5 Å². The minimum absolute atomic E-state index is 0.0822. The fourth-order valence-electron chi connectivity index (χ4n) is 3.47. The van der Waals surface area contributed by atoms with Crippen LogP contribution in [0.4, 0.5) is 0 Å². The Morgan fingerprint density at radius 3 is 2.00 bits per heavy atom. The highest BCUT2D eigenvalue weighted by atomic mass is 32.2. The Bertz CT molecular complexity index is 989. The fraction of sp³-hybridized carbons (Fsp3) is 0.478. The highest BCUT2D eigenvalue weighted by molar-refractivity contribution is 7.90. The van der Waals surface area contributed by atoms with Gasteiger partial charge in [0, 0.05) is 13.2 Å². The molecule has 32 heavy (non-hydrogen) atoms. The standard InChI is InChI=1S/C23H34NO6PS/c1-6-28-23(5,29-7-2)31(25,30-8-3)22(18-20-12-10-9-11-13-20)24-32(26,27)21-16-14-19(4)15-17-21/h9-17,22,24H,6-8,18H2,1-5H3/t22-,31?/m1/s1. The number of rotatable bonds is 13. The van der Waals surface area contributed by atoms with Crippen LogP contribution in [0.15, 0.2) is 59.5 Å². The molecule has 0 aliphatic carbocycles. The van der Waals surface area contributed by atoms with Crippen molar-refractivity contribution in [2.75, 3.05) is 19.8 Å². The molecule has 0 radical (unpaired) electrons. The molecule has 0 bridgehead atoms. The lowest BCUT2D eigenvalue weighted by molar-refractivity contribution is -0.168. The van der Waals surface area contributed by atoms with Gasteiger partial charge < -0.3 is 14.0 Å². The Hall–Kier alpha value is -1.54. The van der Waals surface area contributed by atoms with Crippen molar-refractivity contribution in [1.82, 2.24) is 4.72 Å². The van der Waals surface area contributed by atoms with Crippen LogP contribution < -0.4 is 4.72 Å². The largest absolute Gasteiger partial charge is 0.342 e. The highest BCUT2D eigenvalue weighted by Crippen LogP contribution is 2.63. The van der Waals surface area contributed by atoms with Crippen LogP contribution in [0, 0.1) is 6.92 Å². The maximum absolute atomic E-state index is 14.5. The highest BCUT2D eigenvalue weighted by Gasteiger charge is 2.54. The van der Waals surface area contributed by atoms with E-state index in [2.05, 4.69) is 4.72 Å². The van der Waals surface area contributed by atoms with Crippen molar-refractivity contribution in [3.05, 3.63) is 65.7 Å². The average Bonchev–Trinajstić information content (AvgIpc) is 2.74. The van der Waals surface area contributed by atoms with Gasteiger partial charge in [0.25, 0.3) is 7.37 Å². The summed E-state index contributed by atoms with van der Waals surface area (Å²) in [6.07, 6.45) is 0.138. The van der Waals surface area contributed by atoms with Crippen molar-refractivity contribution in [3.63, 3.8) is 0 Å². The van der Waals surface area contributed by atoms with Crippen molar-refractivity contribution in [3.8, 4) is 0 Å². The van der Waals surface area contributed by atoms with E-state index in [1.54, 1.807) is 39.8 Å². The predicted molar refractivity (Wildman–Crippen MR) is 126 cm³/mol. The van der Waals surface area contributed by atoms with Gasteiger partial charge in [-0.15, -0.1) is 0 Å². The van der Waals surface area contributed by atoms with Gasteiger partial charge in [-0.1, -0.05) is 48.0 Å². The molecule has 2 aromatic carbocycles. The maximum atomic E-state index is 14.5. The monoisotopic (exact) mass is 483 g/mol. The van der Waals surface area contributed by atoms with Crippen LogP contribution in [0.3, 0.4) is 0 Å². The number of benzene rings is 2. The second-order valence-electron chi connectivity index (χ2n) is 7.42. The summed E-state index contributed by atoms with van der Waals surface area (Å²) in [4.78, 5) is 0.0822. The quantitative estimate of drug-likeness (QED) is 0.322. The van der Waals surface area contributed by atoms with Crippen LogP contribution in [-0.2, 0) is 35.0 Å². The van der Waals surface area contributed by atoms with Crippen LogP contribution in [0.5, 0.6) is 0 Å². The average molecular weight is 484 g/mol. The summed E-state index contributed by atoms with van der Waals surface area (Å²) in [6, 6.07) is 15.7. The third-order valence-electron chi connectivity index (χ3n) is 5.02. The number of nitrogens with one attached hydrogen (secondary N) is 1. The molecule has 0 aliphatic heterocycles. The van der Waals surface area contributed by atoms with E-state index in [1.807, 2.05) is 37.3 Å². The Labute approximate surface area is 192 Å². The number of aryl methyl sites for hydroxylation is 1. The molecule has 0 fully saturated rings. The van der Waals surface area contributed by atoms with Gasteiger partial charge in [-0.05, 0) is 58.7 Å². The predicted octanol–water partition coefficient (Wildman–Crippen LogP) is 4.90. The van der Waals surface area contributed by atoms with Gasteiger partial charge in [0.05, 0.1) is 11.5 Å². The molecular weight excluding hydrogens is 449 g/mol. The first kappa shape index (κ1) is 26.7. The smallest absolute Gasteiger partial charge is 0.278 e. The lowest BCUT2D eigenvalue weighted by Crippen LogP contribution is -2.45. The summed E-state index contributed by atoms with van der Waals surface area (Å²) < 4.78 is 61.1. The van der Waals surface area contributed by atoms with Gasteiger partial charge in [-0.2, -0.15) is 4.72 Å². The van der Waals surface area contributed by atoms with Gasteiger partial charge in [0.1, 0.15) is 5.78 Å². The summed E-state index contributed by atoms with van der Waals surface area (Å²) in [5.41, 5.74) is 0.117. The molecule has 0 aliphatic rings. The van der Waals surface area contributed by atoms with Crippen LogP contribution in [0.1, 0.15) is 38.8 Å². The molecule has 1 unspecified atom stereocenters. The third kappa shape index (κ3) is 6.28. The van der Waals surface area contributed by atoms with Crippen LogP contribution >= 0.6 is 7.37 Å². The summed E-state index contributed by atoms with van der Waals surface area (Å²) >= 11 is 0. The Morgan fingerprint density at radius 1 is 0.938 bits per heavy atom. The summed E-state index contributed by atoms with van der Waals surface area (Å²) in [6.45, 7) is 9.19. The first-order chi connectivity index (χ1) is 15.1. The molecule has 1 N–H and O–H groups in total. The van der Waals surface area contributed by atoms with Crippen molar-refractivity contribution in [1.29, 1.82) is 0 Å². The first-order valence-electron chi connectivity index (χ1n) is 10.8. The van der Waals surface area contributed by atoms with E-state index in [4.69, 9.17) is 14.0 Å². The normalized spacial score (nSPS) is 15.3. The molecular formula is C23H34NO6PS. The first-order valence-corrected chi connectivity index (χ1v) is 13.9. The fourth-order valence-corrected chi connectivity index (χ4v) is 7.95. The van der Waals surface area contributed by atoms with Gasteiger partial charge in [0.15, 0.2) is 0 Å².